The Morgan fingerprint density at radius 2 is 1.31 bits per heavy atom. The average Bonchev–Trinajstić information content (AvgIpc) is 3.15. The van der Waals surface area contributed by atoms with Gasteiger partial charge in [-0.05, 0) is 51.4 Å². The quantitative estimate of drug-likeness (QED) is 0.616. The predicted molar refractivity (Wildman–Crippen MR) is 106 cm³/mol. The van der Waals surface area contributed by atoms with Crippen LogP contribution in [0, 0.1) is 11.8 Å². The molecule has 2 saturated carbocycles. The highest BCUT2D eigenvalue weighted by molar-refractivity contribution is 5.79. The van der Waals surface area contributed by atoms with E-state index in [-0.39, 0.29) is 17.7 Å². The van der Waals surface area contributed by atoms with Crippen LogP contribution >= 0.6 is 0 Å². The molecule has 166 valence electrons. The molecule has 0 radical (unpaired) electrons. The number of hydrogen-bond donors (Lipinski definition) is 0. The normalized spacial score (nSPS) is 22.1. The smallest absolute Gasteiger partial charge is 0.306 e. The Morgan fingerprint density at radius 1 is 0.862 bits per heavy atom. The molecule has 29 heavy (non-hydrogen) atoms. The number of carbonyl (C=O) groups excluding carboxylic acids is 3. The second kappa shape index (κ2) is 12.3. The third-order valence-electron chi connectivity index (χ3n) is 5.86. The lowest BCUT2D eigenvalue weighted by molar-refractivity contribution is -0.184. The number of hydrogen-bond acceptors (Lipinski definition) is 7. The first-order valence-corrected chi connectivity index (χ1v) is 11.1. The minimum Gasteiger partial charge on any atom is -0.466 e. The summed E-state index contributed by atoms with van der Waals surface area (Å²) in [6, 6.07) is 0. The summed E-state index contributed by atoms with van der Waals surface area (Å²) in [5.74, 6) is 0.637. The summed E-state index contributed by atoms with van der Waals surface area (Å²) in [7, 11) is 0. The molecule has 3 aliphatic rings. The Morgan fingerprint density at radius 3 is 1.76 bits per heavy atom. The number of rotatable bonds is 6. The zero-order valence-corrected chi connectivity index (χ0v) is 17.9. The third-order valence-corrected chi connectivity index (χ3v) is 5.86. The molecule has 1 aliphatic heterocycles. The number of Topliss-reactive ketones (excluding diaryl/α,β-unsaturated/α-hetero) is 1. The predicted octanol–water partition coefficient (Wildman–Crippen LogP) is 3.57. The van der Waals surface area contributed by atoms with E-state index < -0.39 is 0 Å². The molecule has 1 heterocycles. The maximum absolute atomic E-state index is 11.3. The zero-order valence-electron chi connectivity index (χ0n) is 17.9. The van der Waals surface area contributed by atoms with Crippen molar-refractivity contribution in [1.29, 1.82) is 0 Å². The molecule has 0 aromatic carbocycles. The molecule has 0 aromatic rings. The van der Waals surface area contributed by atoms with Crippen LogP contribution in [0.4, 0.5) is 0 Å². The van der Waals surface area contributed by atoms with E-state index in [0.29, 0.717) is 69.7 Å². The molecule has 7 heteroatoms. The summed E-state index contributed by atoms with van der Waals surface area (Å²) in [5, 5.41) is 0. The van der Waals surface area contributed by atoms with E-state index in [0.717, 1.165) is 38.5 Å². The Balaban J connectivity index is 0.000000212. The van der Waals surface area contributed by atoms with Crippen molar-refractivity contribution in [2.24, 2.45) is 11.8 Å². The number of esters is 2. The maximum atomic E-state index is 11.3. The van der Waals surface area contributed by atoms with Gasteiger partial charge in [0.15, 0.2) is 5.79 Å². The van der Waals surface area contributed by atoms with E-state index in [1.165, 1.54) is 0 Å². The second-order valence-electron chi connectivity index (χ2n) is 8.05. The molecule has 0 bridgehead atoms. The summed E-state index contributed by atoms with van der Waals surface area (Å²) < 4.78 is 21.1. The average molecular weight is 413 g/mol. The molecule has 3 rings (SSSR count). The lowest BCUT2D eigenvalue weighted by atomic mass is 9.83. The molecule has 0 aromatic heterocycles. The minimum atomic E-state index is -0.314. The Kier molecular flexibility index (Phi) is 10.1. The monoisotopic (exact) mass is 412 g/mol. The molecule has 0 atom stereocenters. The number of ether oxygens (including phenoxy) is 4. The van der Waals surface area contributed by atoms with Crippen molar-refractivity contribution in [3.05, 3.63) is 0 Å². The van der Waals surface area contributed by atoms with Gasteiger partial charge in [-0.2, -0.15) is 0 Å². The molecule has 1 saturated heterocycles. The lowest BCUT2D eigenvalue weighted by Crippen LogP contribution is -2.35. The highest BCUT2D eigenvalue weighted by Gasteiger charge is 2.40. The van der Waals surface area contributed by atoms with Gasteiger partial charge in [-0.25, -0.2) is 0 Å². The molecular weight excluding hydrogens is 376 g/mol. The Hall–Kier alpha value is -1.47. The van der Waals surface area contributed by atoms with E-state index in [9.17, 15) is 14.4 Å². The molecule has 0 N–H and O–H groups in total. The lowest BCUT2D eigenvalue weighted by Gasteiger charge is -2.34. The highest BCUT2D eigenvalue weighted by atomic mass is 16.7. The first-order valence-electron chi connectivity index (χ1n) is 11.1. The topological polar surface area (TPSA) is 88.1 Å². The van der Waals surface area contributed by atoms with Crippen molar-refractivity contribution in [3.8, 4) is 0 Å². The largest absolute Gasteiger partial charge is 0.466 e. The Bertz CT molecular complexity index is 519. The van der Waals surface area contributed by atoms with E-state index in [1.54, 1.807) is 0 Å². The summed E-state index contributed by atoms with van der Waals surface area (Å²) >= 11 is 0. The summed E-state index contributed by atoms with van der Waals surface area (Å²) in [6.07, 6.45) is 7.86. The minimum absolute atomic E-state index is 0.0725. The van der Waals surface area contributed by atoms with Crippen molar-refractivity contribution >= 4 is 17.7 Å². The van der Waals surface area contributed by atoms with Gasteiger partial charge >= 0.3 is 11.9 Å². The molecule has 2 aliphatic carbocycles. The maximum Gasteiger partial charge on any atom is 0.306 e. The van der Waals surface area contributed by atoms with Crippen LogP contribution in [0.5, 0.6) is 0 Å². The molecular formula is C22H36O7. The van der Waals surface area contributed by atoms with Crippen LogP contribution in [0.15, 0.2) is 0 Å². The fourth-order valence-electron chi connectivity index (χ4n) is 4.22. The highest BCUT2D eigenvalue weighted by Crippen LogP contribution is 2.39. The molecule has 1 spiro atoms. The summed E-state index contributed by atoms with van der Waals surface area (Å²) in [6.45, 7) is 5.99. The van der Waals surface area contributed by atoms with Gasteiger partial charge in [0, 0.05) is 38.5 Å². The van der Waals surface area contributed by atoms with Crippen LogP contribution < -0.4 is 0 Å². The van der Waals surface area contributed by atoms with Crippen molar-refractivity contribution < 1.29 is 33.3 Å². The van der Waals surface area contributed by atoms with Crippen LogP contribution in [-0.4, -0.2) is 49.9 Å². The van der Waals surface area contributed by atoms with Crippen LogP contribution in [0.2, 0.25) is 0 Å². The fraction of sp³-hybridized carbons (Fsp3) is 0.864. The van der Waals surface area contributed by atoms with E-state index in [2.05, 4.69) is 0 Å². The van der Waals surface area contributed by atoms with Gasteiger partial charge in [-0.15, -0.1) is 0 Å². The van der Waals surface area contributed by atoms with Crippen molar-refractivity contribution in [2.45, 2.75) is 83.8 Å². The van der Waals surface area contributed by atoms with Gasteiger partial charge in [-0.1, -0.05) is 0 Å². The van der Waals surface area contributed by atoms with Gasteiger partial charge in [0.25, 0.3) is 0 Å². The van der Waals surface area contributed by atoms with Crippen molar-refractivity contribution in [3.63, 3.8) is 0 Å². The second-order valence-corrected chi connectivity index (χ2v) is 8.05. The van der Waals surface area contributed by atoms with Gasteiger partial charge in [0.2, 0.25) is 0 Å². The molecule has 0 amide bonds. The van der Waals surface area contributed by atoms with Gasteiger partial charge in [0.1, 0.15) is 5.78 Å². The van der Waals surface area contributed by atoms with Crippen LogP contribution in [0.3, 0.4) is 0 Å². The van der Waals surface area contributed by atoms with Gasteiger partial charge in [-0.3, -0.25) is 14.4 Å². The van der Waals surface area contributed by atoms with E-state index in [4.69, 9.17) is 18.9 Å². The number of ketones is 1. The number of carbonyl (C=O) groups is 3. The summed E-state index contributed by atoms with van der Waals surface area (Å²) in [5.41, 5.74) is 0. The third kappa shape index (κ3) is 8.42. The molecule has 7 nitrogen and oxygen atoms in total. The van der Waals surface area contributed by atoms with Crippen LogP contribution in [0.25, 0.3) is 0 Å². The zero-order chi connectivity index (χ0) is 21.1. The standard InChI is InChI=1S/C12H20O4.C10H16O3/c1-2-14-11(13)9-10-3-5-12(6-4-10)15-7-8-16-12;1-2-13-10(12)7-8-3-5-9(11)6-4-8/h10H,2-9H2,1H3;8H,2-7H2,1H3. The first-order chi connectivity index (χ1) is 14.0. The fourth-order valence-corrected chi connectivity index (χ4v) is 4.22. The van der Waals surface area contributed by atoms with Crippen molar-refractivity contribution in [1.82, 2.24) is 0 Å². The van der Waals surface area contributed by atoms with Gasteiger partial charge < -0.3 is 18.9 Å². The van der Waals surface area contributed by atoms with Gasteiger partial charge in [0.05, 0.1) is 26.4 Å². The summed E-state index contributed by atoms with van der Waals surface area (Å²) in [4.78, 5) is 33.3. The Labute approximate surface area is 173 Å². The molecule has 0 unspecified atom stereocenters. The SMILES string of the molecule is CCOC(=O)CC1CCC(=O)CC1.CCOC(=O)CC1CCC2(CC1)OCCO2. The molecule has 3 fully saturated rings. The van der Waals surface area contributed by atoms with Crippen LogP contribution in [0.1, 0.15) is 78.1 Å². The van der Waals surface area contributed by atoms with Crippen LogP contribution in [-0.2, 0) is 33.3 Å². The van der Waals surface area contributed by atoms with E-state index in [1.807, 2.05) is 13.8 Å². The van der Waals surface area contributed by atoms with E-state index >= 15 is 0 Å². The first kappa shape index (κ1) is 23.8. The van der Waals surface area contributed by atoms with Crippen molar-refractivity contribution in [2.75, 3.05) is 26.4 Å².